The van der Waals surface area contributed by atoms with Crippen molar-refractivity contribution in [2.75, 3.05) is 43.5 Å². The lowest BCUT2D eigenvalue weighted by molar-refractivity contribution is 0.0695. The molecule has 1 aromatic heterocycles. The number of hydrogen-bond donors (Lipinski definition) is 2. The SMILES string of the molecule is CCc1nc(OC)c(NC(=O)N2CCN(c3cc(C)cc(C)c3)CC2)cc1C(=O)O. The molecule has 0 bridgehead atoms. The maximum atomic E-state index is 12.8. The zero-order valence-electron chi connectivity index (χ0n) is 17.9. The third kappa shape index (κ3) is 4.64. The summed E-state index contributed by atoms with van der Waals surface area (Å²) in [7, 11) is 1.44. The molecule has 30 heavy (non-hydrogen) atoms. The number of piperazine rings is 1. The van der Waals surface area contributed by atoms with Gasteiger partial charge in [-0.15, -0.1) is 0 Å². The van der Waals surface area contributed by atoms with Crippen molar-refractivity contribution in [2.24, 2.45) is 0 Å². The maximum absolute atomic E-state index is 12.8. The molecule has 2 amide bonds. The number of aromatic nitrogens is 1. The van der Waals surface area contributed by atoms with E-state index in [4.69, 9.17) is 4.74 Å². The number of carboxylic acids is 1. The molecule has 0 aliphatic carbocycles. The van der Waals surface area contributed by atoms with Crippen molar-refractivity contribution in [1.82, 2.24) is 9.88 Å². The normalized spacial score (nSPS) is 13.9. The van der Waals surface area contributed by atoms with Crippen LogP contribution in [0.5, 0.6) is 5.88 Å². The Morgan fingerprint density at radius 1 is 1.10 bits per heavy atom. The summed E-state index contributed by atoms with van der Waals surface area (Å²) in [5, 5.41) is 12.2. The lowest BCUT2D eigenvalue weighted by Gasteiger charge is -2.36. The van der Waals surface area contributed by atoms with Gasteiger partial charge in [-0.3, -0.25) is 0 Å². The largest absolute Gasteiger partial charge is 0.480 e. The zero-order valence-corrected chi connectivity index (χ0v) is 17.9. The smallest absolute Gasteiger partial charge is 0.337 e. The van der Waals surface area contributed by atoms with E-state index in [-0.39, 0.29) is 23.2 Å². The Morgan fingerprint density at radius 2 is 1.73 bits per heavy atom. The fourth-order valence-corrected chi connectivity index (χ4v) is 3.73. The second-order valence-electron chi connectivity index (χ2n) is 7.45. The number of aromatic carboxylic acids is 1. The first kappa shape index (κ1) is 21.4. The lowest BCUT2D eigenvalue weighted by atomic mass is 10.1. The molecule has 1 saturated heterocycles. The van der Waals surface area contributed by atoms with Gasteiger partial charge in [-0.25, -0.2) is 14.6 Å². The van der Waals surface area contributed by atoms with Crippen LogP contribution in [0.3, 0.4) is 0 Å². The average Bonchev–Trinajstić information content (AvgIpc) is 2.72. The van der Waals surface area contributed by atoms with Crippen molar-refractivity contribution in [2.45, 2.75) is 27.2 Å². The van der Waals surface area contributed by atoms with Gasteiger partial charge in [0.15, 0.2) is 0 Å². The Bertz CT molecular complexity index is 932. The lowest BCUT2D eigenvalue weighted by Crippen LogP contribution is -2.50. The van der Waals surface area contributed by atoms with Gasteiger partial charge in [-0.05, 0) is 49.6 Å². The second-order valence-corrected chi connectivity index (χ2v) is 7.45. The average molecular weight is 412 g/mol. The summed E-state index contributed by atoms with van der Waals surface area (Å²) >= 11 is 0. The monoisotopic (exact) mass is 412 g/mol. The van der Waals surface area contributed by atoms with Gasteiger partial charge in [0.2, 0.25) is 5.88 Å². The molecule has 1 aliphatic heterocycles. The molecule has 0 spiro atoms. The molecule has 1 fully saturated rings. The van der Waals surface area contributed by atoms with E-state index in [2.05, 4.69) is 47.2 Å². The number of benzene rings is 1. The first-order valence-corrected chi connectivity index (χ1v) is 10.0. The minimum absolute atomic E-state index is 0.0632. The van der Waals surface area contributed by atoms with Crippen molar-refractivity contribution in [3.8, 4) is 5.88 Å². The highest BCUT2D eigenvalue weighted by atomic mass is 16.5. The standard InChI is InChI=1S/C22H28N4O4/c1-5-18-17(21(27)28)13-19(20(23-18)30-4)24-22(29)26-8-6-25(7-9-26)16-11-14(2)10-15(3)12-16/h10-13H,5-9H2,1-4H3,(H,24,29)(H,27,28). The fourth-order valence-electron chi connectivity index (χ4n) is 3.73. The van der Waals surface area contributed by atoms with Crippen molar-refractivity contribution < 1.29 is 19.4 Å². The molecule has 2 N–H and O–H groups in total. The molecule has 160 valence electrons. The number of urea groups is 1. The van der Waals surface area contributed by atoms with Crippen LogP contribution in [0.1, 0.15) is 34.1 Å². The Kier molecular flexibility index (Phi) is 6.44. The third-order valence-electron chi connectivity index (χ3n) is 5.21. The Labute approximate surface area is 176 Å². The van der Waals surface area contributed by atoms with Crippen LogP contribution in [-0.4, -0.2) is 60.3 Å². The van der Waals surface area contributed by atoms with Gasteiger partial charge in [0.05, 0.1) is 18.4 Å². The van der Waals surface area contributed by atoms with E-state index in [1.54, 1.807) is 4.90 Å². The predicted octanol–water partition coefficient (Wildman–Crippen LogP) is 3.32. The summed E-state index contributed by atoms with van der Waals surface area (Å²) in [6.45, 7) is 8.55. The number of carbonyl (C=O) groups is 2. The van der Waals surface area contributed by atoms with E-state index in [1.165, 1.54) is 30.0 Å². The second kappa shape index (κ2) is 9.02. The van der Waals surface area contributed by atoms with Crippen LogP contribution in [0.15, 0.2) is 24.3 Å². The number of ether oxygens (including phenoxy) is 1. The molecule has 0 unspecified atom stereocenters. The summed E-state index contributed by atoms with van der Waals surface area (Å²) in [5.41, 5.74) is 4.34. The predicted molar refractivity (Wildman–Crippen MR) is 116 cm³/mol. The van der Waals surface area contributed by atoms with E-state index in [1.807, 2.05) is 6.92 Å². The highest BCUT2D eigenvalue weighted by molar-refractivity contribution is 5.95. The van der Waals surface area contributed by atoms with Crippen LogP contribution in [0, 0.1) is 13.8 Å². The van der Waals surface area contributed by atoms with E-state index in [0.717, 1.165) is 13.1 Å². The van der Waals surface area contributed by atoms with Crippen LogP contribution >= 0.6 is 0 Å². The molecule has 8 heteroatoms. The molecule has 0 saturated carbocycles. The highest BCUT2D eigenvalue weighted by Crippen LogP contribution is 2.26. The summed E-state index contributed by atoms with van der Waals surface area (Å²) in [6.07, 6.45) is 0.451. The van der Waals surface area contributed by atoms with Gasteiger partial charge in [0.1, 0.15) is 5.69 Å². The maximum Gasteiger partial charge on any atom is 0.337 e. The summed E-state index contributed by atoms with van der Waals surface area (Å²) in [6, 6.07) is 7.57. The first-order valence-electron chi connectivity index (χ1n) is 10.0. The highest BCUT2D eigenvalue weighted by Gasteiger charge is 2.24. The first-order chi connectivity index (χ1) is 14.3. The van der Waals surface area contributed by atoms with Gasteiger partial charge in [-0.1, -0.05) is 13.0 Å². The number of anilines is 2. The van der Waals surface area contributed by atoms with Gasteiger partial charge >= 0.3 is 12.0 Å². The van der Waals surface area contributed by atoms with Crippen LogP contribution in [0.4, 0.5) is 16.2 Å². The molecular formula is C22H28N4O4. The van der Waals surface area contributed by atoms with E-state index >= 15 is 0 Å². The van der Waals surface area contributed by atoms with Crippen molar-refractivity contribution in [3.05, 3.63) is 46.6 Å². The molecule has 0 atom stereocenters. The third-order valence-corrected chi connectivity index (χ3v) is 5.21. The molecule has 3 rings (SSSR count). The minimum Gasteiger partial charge on any atom is -0.480 e. The number of nitrogens with one attached hydrogen (secondary N) is 1. The number of aryl methyl sites for hydroxylation is 3. The molecule has 8 nitrogen and oxygen atoms in total. The van der Waals surface area contributed by atoms with E-state index in [0.29, 0.717) is 25.2 Å². The molecule has 2 heterocycles. The molecular weight excluding hydrogens is 384 g/mol. The number of carbonyl (C=O) groups excluding carboxylic acids is 1. The Hall–Kier alpha value is -3.29. The number of amides is 2. The molecule has 1 aromatic carbocycles. The number of pyridine rings is 1. The number of rotatable bonds is 5. The molecule has 0 radical (unpaired) electrons. The molecule has 1 aliphatic rings. The quantitative estimate of drug-likeness (QED) is 0.782. The van der Waals surface area contributed by atoms with Crippen LogP contribution in [-0.2, 0) is 6.42 Å². The number of methoxy groups -OCH3 is 1. The Balaban J connectivity index is 1.70. The molecule has 2 aromatic rings. The summed E-state index contributed by atoms with van der Waals surface area (Å²) in [4.78, 5) is 32.6. The number of nitrogens with zero attached hydrogens (tertiary/aromatic N) is 3. The van der Waals surface area contributed by atoms with Crippen LogP contribution in [0.2, 0.25) is 0 Å². The Morgan fingerprint density at radius 3 is 2.27 bits per heavy atom. The number of carboxylic acid groups (broad SMARTS) is 1. The van der Waals surface area contributed by atoms with Gasteiger partial charge < -0.3 is 25.0 Å². The van der Waals surface area contributed by atoms with Crippen molar-refractivity contribution in [1.29, 1.82) is 0 Å². The van der Waals surface area contributed by atoms with E-state index < -0.39 is 5.97 Å². The van der Waals surface area contributed by atoms with Gasteiger partial charge in [-0.2, -0.15) is 0 Å². The van der Waals surface area contributed by atoms with Crippen LogP contribution < -0.4 is 15.0 Å². The van der Waals surface area contributed by atoms with E-state index in [9.17, 15) is 14.7 Å². The summed E-state index contributed by atoms with van der Waals surface area (Å²) in [5.74, 6) is -0.876. The van der Waals surface area contributed by atoms with Crippen LogP contribution in [0.25, 0.3) is 0 Å². The minimum atomic E-state index is -1.08. The summed E-state index contributed by atoms with van der Waals surface area (Å²) < 4.78 is 5.26. The topological polar surface area (TPSA) is 95.0 Å². The van der Waals surface area contributed by atoms with Gasteiger partial charge in [0.25, 0.3) is 0 Å². The zero-order chi connectivity index (χ0) is 21.8. The van der Waals surface area contributed by atoms with Gasteiger partial charge in [0, 0.05) is 31.9 Å². The van der Waals surface area contributed by atoms with Crippen molar-refractivity contribution in [3.63, 3.8) is 0 Å². The fraction of sp³-hybridized carbons (Fsp3) is 0.409. The van der Waals surface area contributed by atoms with Crippen molar-refractivity contribution >= 4 is 23.4 Å². The number of hydrogen-bond acceptors (Lipinski definition) is 5.